The molecule has 0 saturated heterocycles. The van der Waals surface area contributed by atoms with E-state index in [-0.39, 0.29) is 0 Å². The van der Waals surface area contributed by atoms with E-state index < -0.39 is 0 Å². The van der Waals surface area contributed by atoms with Gasteiger partial charge in [0.2, 0.25) is 0 Å². The molecule has 1 heterocycles. The summed E-state index contributed by atoms with van der Waals surface area (Å²) in [7, 11) is 0. The molecule has 3 heteroatoms. The van der Waals surface area contributed by atoms with Crippen LogP contribution in [-0.4, -0.2) is 9.55 Å². The van der Waals surface area contributed by atoms with E-state index in [9.17, 15) is 0 Å². The second-order valence-corrected chi connectivity index (χ2v) is 5.27. The molecule has 108 valence electrons. The van der Waals surface area contributed by atoms with Gasteiger partial charge < -0.3 is 4.57 Å². The maximum absolute atomic E-state index is 8.84. The van der Waals surface area contributed by atoms with E-state index >= 15 is 0 Å². The van der Waals surface area contributed by atoms with Gasteiger partial charge >= 0.3 is 0 Å². The average Bonchev–Trinajstić information content (AvgIpc) is 3.02. The second-order valence-electron chi connectivity index (χ2n) is 5.27. The summed E-state index contributed by atoms with van der Waals surface area (Å²) in [6.07, 6.45) is 5.78. The number of aromatic nitrogens is 2. The Morgan fingerprint density at radius 3 is 2.41 bits per heavy atom. The average molecular weight is 287 g/mol. The maximum Gasteiger partial charge on any atom is 0.109 e. The Morgan fingerprint density at radius 1 is 0.909 bits per heavy atom. The highest BCUT2D eigenvalue weighted by atomic mass is 15.1. The first-order valence-electron chi connectivity index (χ1n) is 7.38. The van der Waals surface area contributed by atoms with Crippen molar-refractivity contribution < 1.29 is 0 Å². The summed E-state index contributed by atoms with van der Waals surface area (Å²) in [6, 6.07) is 20.3. The molecule has 0 atom stereocenters. The Morgan fingerprint density at radius 2 is 1.68 bits per heavy atom. The molecule has 1 aromatic heterocycles. The van der Waals surface area contributed by atoms with Gasteiger partial charge in [0.1, 0.15) is 5.82 Å². The molecule has 3 nitrogen and oxygen atoms in total. The Kier molecular flexibility index (Phi) is 4.31. The van der Waals surface area contributed by atoms with Gasteiger partial charge in [0, 0.05) is 25.4 Å². The number of rotatable bonds is 5. The van der Waals surface area contributed by atoms with Crippen molar-refractivity contribution >= 4 is 0 Å². The van der Waals surface area contributed by atoms with Crippen molar-refractivity contribution in [2.24, 2.45) is 0 Å². The molecule has 2 aromatic carbocycles. The summed E-state index contributed by atoms with van der Waals surface area (Å²) in [4.78, 5) is 4.47. The summed E-state index contributed by atoms with van der Waals surface area (Å²) in [6.45, 7) is 0.788. The third kappa shape index (κ3) is 3.42. The van der Waals surface area contributed by atoms with Crippen LogP contribution in [0.2, 0.25) is 0 Å². The summed E-state index contributed by atoms with van der Waals surface area (Å²) >= 11 is 0. The topological polar surface area (TPSA) is 41.6 Å². The predicted octanol–water partition coefficient (Wildman–Crippen LogP) is 3.59. The van der Waals surface area contributed by atoms with E-state index in [1.807, 2.05) is 42.7 Å². The monoisotopic (exact) mass is 287 g/mol. The van der Waals surface area contributed by atoms with E-state index in [0.717, 1.165) is 25.2 Å². The van der Waals surface area contributed by atoms with E-state index in [4.69, 9.17) is 5.26 Å². The molecule has 0 aliphatic carbocycles. The van der Waals surface area contributed by atoms with Gasteiger partial charge in [-0.2, -0.15) is 5.26 Å². The number of hydrogen-bond donors (Lipinski definition) is 0. The highest BCUT2D eigenvalue weighted by molar-refractivity contribution is 5.31. The normalized spacial score (nSPS) is 10.3. The van der Waals surface area contributed by atoms with Crippen molar-refractivity contribution in [3.63, 3.8) is 0 Å². The maximum atomic E-state index is 8.84. The Bertz CT molecular complexity index is 764. The summed E-state index contributed by atoms with van der Waals surface area (Å²) in [5.74, 6) is 1.09. The first kappa shape index (κ1) is 14.1. The van der Waals surface area contributed by atoms with Gasteiger partial charge in [0.15, 0.2) is 0 Å². The zero-order valence-corrected chi connectivity index (χ0v) is 12.3. The minimum absolute atomic E-state index is 0.693. The zero-order chi connectivity index (χ0) is 15.2. The van der Waals surface area contributed by atoms with Crippen LogP contribution in [0, 0.1) is 11.3 Å². The van der Waals surface area contributed by atoms with Crippen LogP contribution < -0.4 is 0 Å². The molecule has 0 aliphatic rings. The predicted molar refractivity (Wildman–Crippen MR) is 86.3 cm³/mol. The Balaban J connectivity index is 1.68. The van der Waals surface area contributed by atoms with Gasteiger partial charge in [0.05, 0.1) is 11.6 Å². The van der Waals surface area contributed by atoms with Crippen LogP contribution in [0.4, 0.5) is 0 Å². The SMILES string of the molecule is N#Cc1ccc(Cn2ccnc2CCc2ccccc2)cc1. The highest BCUT2D eigenvalue weighted by Crippen LogP contribution is 2.10. The lowest BCUT2D eigenvalue weighted by Crippen LogP contribution is -2.05. The molecule has 3 rings (SSSR count). The van der Waals surface area contributed by atoms with Crippen LogP contribution in [0.1, 0.15) is 22.5 Å². The molecular formula is C19H17N3. The molecule has 0 N–H and O–H groups in total. The number of hydrogen-bond acceptors (Lipinski definition) is 2. The highest BCUT2D eigenvalue weighted by Gasteiger charge is 2.04. The molecule has 0 amide bonds. The molecule has 0 saturated carbocycles. The van der Waals surface area contributed by atoms with Gasteiger partial charge in [-0.25, -0.2) is 4.98 Å². The van der Waals surface area contributed by atoms with Crippen molar-refractivity contribution in [3.8, 4) is 6.07 Å². The van der Waals surface area contributed by atoms with Gasteiger partial charge in [0.25, 0.3) is 0 Å². The zero-order valence-electron chi connectivity index (χ0n) is 12.3. The first-order valence-corrected chi connectivity index (χ1v) is 7.38. The Hall–Kier alpha value is -2.86. The van der Waals surface area contributed by atoms with Crippen molar-refractivity contribution in [2.45, 2.75) is 19.4 Å². The molecule has 0 aliphatic heterocycles. The Labute approximate surface area is 130 Å². The van der Waals surface area contributed by atoms with Crippen LogP contribution in [0.15, 0.2) is 67.0 Å². The van der Waals surface area contributed by atoms with Crippen LogP contribution in [0.3, 0.4) is 0 Å². The number of aryl methyl sites for hydroxylation is 2. The van der Waals surface area contributed by atoms with Crippen molar-refractivity contribution in [1.29, 1.82) is 5.26 Å². The van der Waals surface area contributed by atoms with E-state index in [1.54, 1.807) is 0 Å². The fourth-order valence-corrected chi connectivity index (χ4v) is 2.49. The van der Waals surface area contributed by atoms with Gasteiger partial charge in [-0.1, -0.05) is 42.5 Å². The van der Waals surface area contributed by atoms with E-state index in [2.05, 4.69) is 39.9 Å². The summed E-state index contributed by atoms with van der Waals surface area (Å²) in [5.41, 5.74) is 3.20. The number of benzene rings is 2. The quantitative estimate of drug-likeness (QED) is 0.719. The van der Waals surface area contributed by atoms with Crippen molar-refractivity contribution in [1.82, 2.24) is 9.55 Å². The van der Waals surface area contributed by atoms with E-state index in [1.165, 1.54) is 11.1 Å². The van der Waals surface area contributed by atoms with Crippen LogP contribution >= 0.6 is 0 Å². The van der Waals surface area contributed by atoms with E-state index in [0.29, 0.717) is 5.56 Å². The molecule has 0 radical (unpaired) electrons. The standard InChI is InChI=1S/C19H17N3/c20-14-17-6-8-18(9-7-17)15-22-13-12-21-19(22)11-10-16-4-2-1-3-5-16/h1-9,12-13H,10-11,15H2. The van der Waals surface area contributed by atoms with Crippen LogP contribution in [0.5, 0.6) is 0 Å². The molecule has 3 aromatic rings. The van der Waals surface area contributed by atoms with Gasteiger partial charge in [-0.3, -0.25) is 0 Å². The number of nitriles is 1. The van der Waals surface area contributed by atoms with Crippen molar-refractivity contribution in [2.75, 3.05) is 0 Å². The fourth-order valence-electron chi connectivity index (χ4n) is 2.49. The molecular weight excluding hydrogens is 270 g/mol. The van der Waals surface area contributed by atoms with Gasteiger partial charge in [-0.05, 0) is 29.7 Å². The molecule has 0 unspecified atom stereocenters. The summed E-state index contributed by atoms with van der Waals surface area (Å²) in [5, 5.41) is 8.84. The lowest BCUT2D eigenvalue weighted by Gasteiger charge is -2.08. The lowest BCUT2D eigenvalue weighted by atomic mass is 10.1. The smallest absolute Gasteiger partial charge is 0.109 e. The number of imidazole rings is 1. The van der Waals surface area contributed by atoms with Gasteiger partial charge in [-0.15, -0.1) is 0 Å². The molecule has 0 bridgehead atoms. The fraction of sp³-hybridized carbons (Fsp3) is 0.158. The minimum Gasteiger partial charge on any atom is -0.331 e. The summed E-state index contributed by atoms with van der Waals surface area (Å²) < 4.78 is 2.17. The third-order valence-electron chi connectivity index (χ3n) is 3.72. The molecule has 0 fully saturated rings. The first-order chi connectivity index (χ1) is 10.8. The lowest BCUT2D eigenvalue weighted by molar-refractivity contribution is 0.712. The van der Waals surface area contributed by atoms with Crippen molar-refractivity contribution in [3.05, 3.63) is 89.5 Å². The largest absolute Gasteiger partial charge is 0.331 e. The minimum atomic E-state index is 0.693. The van der Waals surface area contributed by atoms with Crippen LogP contribution in [0.25, 0.3) is 0 Å². The number of nitrogens with zero attached hydrogens (tertiary/aromatic N) is 3. The third-order valence-corrected chi connectivity index (χ3v) is 3.72. The molecule has 0 spiro atoms. The van der Waals surface area contributed by atoms with Crippen LogP contribution in [-0.2, 0) is 19.4 Å². The second kappa shape index (κ2) is 6.73. The molecule has 22 heavy (non-hydrogen) atoms.